The first-order valence-electron chi connectivity index (χ1n) is 4.52. The first-order chi connectivity index (χ1) is 7.94. The SMILES string of the molecule is CC(F)(F)c1cc(C(I)C(F)(F)I)cc(Cl)c1Cl. The van der Waals surface area contributed by atoms with Crippen molar-refractivity contribution < 1.29 is 17.6 Å². The highest BCUT2D eigenvalue weighted by Crippen LogP contribution is 2.47. The van der Waals surface area contributed by atoms with Crippen molar-refractivity contribution in [3.8, 4) is 0 Å². The van der Waals surface area contributed by atoms with Crippen LogP contribution in [0.15, 0.2) is 12.1 Å². The van der Waals surface area contributed by atoms with Crippen LogP contribution in [0.2, 0.25) is 10.0 Å². The third-order valence-corrected chi connectivity index (χ3v) is 6.22. The molecule has 1 unspecified atom stereocenters. The van der Waals surface area contributed by atoms with E-state index in [0.29, 0.717) is 6.92 Å². The lowest BCUT2D eigenvalue weighted by molar-refractivity contribution is 0.0174. The molecule has 0 saturated heterocycles. The number of hydrogen-bond donors (Lipinski definition) is 0. The largest absolute Gasteiger partial charge is 0.312 e. The van der Waals surface area contributed by atoms with Gasteiger partial charge in [-0.15, -0.1) is 0 Å². The summed E-state index contributed by atoms with van der Waals surface area (Å²) in [5, 5.41) is -0.471. The predicted octanol–water partition coefficient (Wildman–Crippen LogP) is 6.61. The third kappa shape index (κ3) is 3.99. The normalized spacial score (nSPS) is 14.7. The molecule has 0 amide bonds. The van der Waals surface area contributed by atoms with E-state index < -0.39 is 19.3 Å². The second-order valence-electron chi connectivity index (χ2n) is 3.66. The summed E-state index contributed by atoms with van der Waals surface area (Å²) < 4.78 is 48.6. The third-order valence-electron chi connectivity index (χ3n) is 2.10. The zero-order valence-electron chi connectivity index (χ0n) is 8.76. The van der Waals surface area contributed by atoms with E-state index in [0.717, 1.165) is 28.7 Å². The second kappa shape index (κ2) is 5.77. The van der Waals surface area contributed by atoms with Crippen LogP contribution in [0.3, 0.4) is 0 Å². The number of benzene rings is 1. The van der Waals surface area contributed by atoms with Gasteiger partial charge >= 0.3 is 3.93 Å². The van der Waals surface area contributed by atoms with Crippen molar-refractivity contribution in [2.75, 3.05) is 0 Å². The molecule has 0 bridgehead atoms. The Morgan fingerprint density at radius 1 is 1.17 bits per heavy atom. The summed E-state index contributed by atoms with van der Waals surface area (Å²) in [5.41, 5.74) is -0.532. The van der Waals surface area contributed by atoms with E-state index in [1.165, 1.54) is 28.7 Å². The Morgan fingerprint density at radius 3 is 2.06 bits per heavy atom. The van der Waals surface area contributed by atoms with Crippen LogP contribution in [0.4, 0.5) is 17.6 Å². The van der Waals surface area contributed by atoms with Gasteiger partial charge in [0, 0.05) is 35.1 Å². The fraction of sp³-hybridized carbons (Fsp3) is 0.400. The summed E-state index contributed by atoms with van der Waals surface area (Å²) in [4.78, 5) is 0. The molecule has 1 rings (SSSR count). The van der Waals surface area contributed by atoms with Gasteiger partial charge in [-0.1, -0.05) is 45.8 Å². The van der Waals surface area contributed by atoms with Gasteiger partial charge in [0.15, 0.2) is 0 Å². The van der Waals surface area contributed by atoms with Gasteiger partial charge in [0.25, 0.3) is 5.92 Å². The van der Waals surface area contributed by atoms with Gasteiger partial charge < -0.3 is 0 Å². The molecule has 0 aromatic heterocycles. The van der Waals surface area contributed by atoms with E-state index in [-0.39, 0.29) is 15.6 Å². The molecular formula is C10H6Cl2F4I2. The summed E-state index contributed by atoms with van der Waals surface area (Å²) in [6.07, 6.45) is 0. The van der Waals surface area contributed by atoms with Crippen molar-refractivity contribution >= 4 is 68.4 Å². The maximum atomic E-state index is 13.3. The first-order valence-corrected chi connectivity index (χ1v) is 7.60. The Kier molecular flexibility index (Phi) is 5.46. The van der Waals surface area contributed by atoms with Crippen molar-refractivity contribution in [3.63, 3.8) is 0 Å². The van der Waals surface area contributed by atoms with Gasteiger partial charge in [-0.25, -0.2) is 8.78 Å². The van der Waals surface area contributed by atoms with E-state index in [2.05, 4.69) is 0 Å². The lowest BCUT2D eigenvalue weighted by atomic mass is 10.0. The van der Waals surface area contributed by atoms with Crippen molar-refractivity contribution in [1.82, 2.24) is 0 Å². The van der Waals surface area contributed by atoms with Crippen LogP contribution in [-0.2, 0) is 5.92 Å². The summed E-state index contributed by atoms with van der Waals surface area (Å²) in [6, 6.07) is 2.15. The van der Waals surface area contributed by atoms with Gasteiger partial charge in [0.2, 0.25) is 0 Å². The molecule has 1 aromatic carbocycles. The van der Waals surface area contributed by atoms with E-state index in [1.54, 1.807) is 0 Å². The smallest absolute Gasteiger partial charge is 0.202 e. The van der Waals surface area contributed by atoms with E-state index in [4.69, 9.17) is 23.2 Å². The maximum absolute atomic E-state index is 13.3. The van der Waals surface area contributed by atoms with Gasteiger partial charge in [-0.2, -0.15) is 8.78 Å². The second-order valence-corrected chi connectivity index (χ2v) is 7.13. The lowest BCUT2D eigenvalue weighted by Gasteiger charge is -2.20. The zero-order chi connectivity index (χ0) is 14.3. The predicted molar refractivity (Wildman–Crippen MR) is 81.8 cm³/mol. The van der Waals surface area contributed by atoms with Crippen LogP contribution in [0.5, 0.6) is 0 Å². The van der Waals surface area contributed by atoms with Crippen LogP contribution in [0, 0.1) is 0 Å². The quantitative estimate of drug-likeness (QED) is 0.236. The lowest BCUT2D eigenvalue weighted by Crippen LogP contribution is -2.15. The molecule has 0 fully saturated rings. The topological polar surface area (TPSA) is 0 Å². The summed E-state index contributed by atoms with van der Waals surface area (Å²) in [5.74, 6) is -3.24. The minimum atomic E-state index is -3.24. The monoisotopic (exact) mass is 526 g/mol. The Bertz CT molecular complexity index is 454. The molecule has 0 aliphatic carbocycles. The van der Waals surface area contributed by atoms with Crippen molar-refractivity contribution in [2.45, 2.75) is 20.7 Å². The molecule has 0 nitrogen and oxygen atoms in total. The minimum Gasteiger partial charge on any atom is -0.202 e. The zero-order valence-corrected chi connectivity index (χ0v) is 14.6. The highest BCUT2D eigenvalue weighted by molar-refractivity contribution is 14.1. The molecule has 0 spiro atoms. The van der Waals surface area contributed by atoms with Crippen LogP contribution in [-0.4, -0.2) is 3.93 Å². The van der Waals surface area contributed by atoms with Gasteiger partial charge in [0.05, 0.1) is 10.0 Å². The molecular weight excluding hydrogens is 521 g/mol. The van der Waals surface area contributed by atoms with Crippen molar-refractivity contribution in [2.24, 2.45) is 0 Å². The summed E-state index contributed by atoms with van der Waals surface area (Å²) >= 11 is 13.8. The summed E-state index contributed by atoms with van der Waals surface area (Å²) in [7, 11) is 0. The van der Waals surface area contributed by atoms with Gasteiger partial charge in [-0.05, 0) is 17.7 Å². The molecule has 1 atom stereocenters. The van der Waals surface area contributed by atoms with E-state index >= 15 is 0 Å². The maximum Gasteiger partial charge on any atom is 0.312 e. The molecule has 8 heteroatoms. The standard InChI is InChI=1S/C10H6Cl2F4I2/c1-9(13,14)5-2-4(3-6(11)7(5)12)8(17)10(15,16)18/h2-3,8H,1H3. The minimum absolute atomic E-state index is 0.0147. The van der Waals surface area contributed by atoms with E-state index in [1.807, 2.05) is 0 Å². The molecule has 1 aromatic rings. The molecule has 0 aliphatic rings. The molecule has 0 heterocycles. The van der Waals surface area contributed by atoms with Crippen LogP contribution < -0.4 is 0 Å². The Balaban J connectivity index is 3.38. The molecule has 0 saturated carbocycles. The molecule has 0 N–H and O–H groups in total. The van der Waals surface area contributed by atoms with E-state index in [9.17, 15) is 17.6 Å². The average Bonchev–Trinajstić information content (AvgIpc) is 2.17. The number of halogens is 8. The Morgan fingerprint density at radius 2 is 1.67 bits per heavy atom. The average molecular weight is 527 g/mol. The van der Waals surface area contributed by atoms with Gasteiger partial charge in [-0.3, -0.25) is 0 Å². The molecule has 0 aliphatic heterocycles. The number of hydrogen-bond acceptors (Lipinski definition) is 0. The summed E-state index contributed by atoms with van der Waals surface area (Å²) in [6.45, 7) is 0.638. The fourth-order valence-electron chi connectivity index (χ4n) is 1.26. The van der Waals surface area contributed by atoms with Crippen molar-refractivity contribution in [1.29, 1.82) is 0 Å². The van der Waals surface area contributed by atoms with Crippen molar-refractivity contribution in [3.05, 3.63) is 33.3 Å². The highest BCUT2D eigenvalue weighted by Gasteiger charge is 2.37. The number of alkyl halides is 6. The van der Waals surface area contributed by atoms with Gasteiger partial charge in [0.1, 0.15) is 3.92 Å². The van der Waals surface area contributed by atoms with Crippen LogP contribution >= 0.6 is 68.4 Å². The molecule has 102 valence electrons. The first kappa shape index (κ1) is 17.0. The molecule has 18 heavy (non-hydrogen) atoms. The highest BCUT2D eigenvalue weighted by atomic mass is 127. The number of rotatable bonds is 3. The fourth-order valence-corrected chi connectivity index (χ4v) is 2.49. The molecule has 0 radical (unpaired) electrons. The Hall–Kier alpha value is 0.980. The van der Waals surface area contributed by atoms with Crippen LogP contribution in [0.1, 0.15) is 22.0 Å². The van der Waals surface area contributed by atoms with Crippen LogP contribution in [0.25, 0.3) is 0 Å². The Labute approximate surface area is 139 Å².